The Labute approximate surface area is 63.5 Å². The van der Waals surface area contributed by atoms with E-state index in [0.29, 0.717) is 19.3 Å². The summed E-state index contributed by atoms with van der Waals surface area (Å²) in [4.78, 5) is 18.7. The molecule has 0 spiro atoms. The molecule has 64 valence electrons. The molecule has 6 heteroatoms. The molecule has 0 rings (SSSR count). The average molecular weight is 162 g/mol. The summed E-state index contributed by atoms with van der Waals surface area (Å²) in [5, 5.41) is 19.5. The minimum atomic E-state index is -0.411. The lowest BCUT2D eigenvalue weighted by Crippen LogP contribution is -2.03. The predicted octanol–water partition coefficient (Wildman–Crippen LogP) is 0.710. The molecule has 0 atom stereocenters. The SMILES string of the molecule is O=[N+]([O-])CCCCC[N+](=O)[O-]. The molecule has 0 bridgehead atoms. The molecule has 0 N–H and O–H groups in total. The van der Waals surface area contributed by atoms with E-state index in [1.54, 1.807) is 0 Å². The molecular formula is C5H10N2O4. The van der Waals surface area contributed by atoms with E-state index in [0.717, 1.165) is 0 Å². The smallest absolute Gasteiger partial charge is 0.203 e. The molecule has 6 nitrogen and oxygen atoms in total. The zero-order chi connectivity index (χ0) is 8.69. The van der Waals surface area contributed by atoms with Crippen molar-refractivity contribution in [3.8, 4) is 0 Å². The summed E-state index contributed by atoms with van der Waals surface area (Å²) in [6.45, 7) is -0.171. The Balaban J connectivity index is 3.03. The Morgan fingerprint density at radius 2 is 1.18 bits per heavy atom. The number of hydrogen-bond donors (Lipinski definition) is 0. The van der Waals surface area contributed by atoms with Crippen LogP contribution in [0.2, 0.25) is 0 Å². The van der Waals surface area contributed by atoms with Crippen molar-refractivity contribution in [2.24, 2.45) is 0 Å². The van der Waals surface area contributed by atoms with Crippen LogP contribution in [-0.4, -0.2) is 22.9 Å². The highest BCUT2D eigenvalue weighted by Gasteiger charge is 1.99. The van der Waals surface area contributed by atoms with Gasteiger partial charge >= 0.3 is 0 Å². The monoisotopic (exact) mass is 162 g/mol. The first-order valence-electron chi connectivity index (χ1n) is 3.36. The summed E-state index contributed by atoms with van der Waals surface area (Å²) in [6, 6.07) is 0. The van der Waals surface area contributed by atoms with Crippen LogP contribution in [-0.2, 0) is 0 Å². The van der Waals surface area contributed by atoms with Crippen molar-refractivity contribution in [3.63, 3.8) is 0 Å². The van der Waals surface area contributed by atoms with Crippen LogP contribution >= 0.6 is 0 Å². The fourth-order valence-electron chi connectivity index (χ4n) is 0.659. The van der Waals surface area contributed by atoms with Crippen molar-refractivity contribution in [2.45, 2.75) is 19.3 Å². The predicted molar refractivity (Wildman–Crippen MR) is 37.6 cm³/mol. The Morgan fingerprint density at radius 1 is 0.818 bits per heavy atom. The second-order valence-electron chi connectivity index (χ2n) is 2.17. The molecule has 0 aromatic carbocycles. The molecule has 0 aliphatic carbocycles. The van der Waals surface area contributed by atoms with E-state index in [1.807, 2.05) is 0 Å². The van der Waals surface area contributed by atoms with Gasteiger partial charge in [0.05, 0.1) is 0 Å². The first-order valence-corrected chi connectivity index (χ1v) is 3.36. The zero-order valence-electron chi connectivity index (χ0n) is 6.06. The van der Waals surface area contributed by atoms with Crippen molar-refractivity contribution in [2.75, 3.05) is 13.1 Å². The largest absolute Gasteiger partial charge is 0.265 e. The minimum absolute atomic E-state index is 0.0856. The summed E-state index contributed by atoms with van der Waals surface area (Å²) < 4.78 is 0. The lowest BCUT2D eigenvalue weighted by atomic mass is 10.2. The molecular weight excluding hydrogens is 152 g/mol. The van der Waals surface area contributed by atoms with Gasteiger partial charge in [0.15, 0.2) is 0 Å². The quantitative estimate of drug-likeness (QED) is 0.327. The fraction of sp³-hybridized carbons (Fsp3) is 1.00. The minimum Gasteiger partial charge on any atom is -0.265 e. The van der Waals surface area contributed by atoms with Crippen LogP contribution in [0, 0.1) is 20.2 Å². The second kappa shape index (κ2) is 5.57. The summed E-state index contributed by atoms with van der Waals surface area (Å²) in [6.07, 6.45) is 1.42. The van der Waals surface area contributed by atoms with Gasteiger partial charge in [-0.15, -0.1) is 0 Å². The van der Waals surface area contributed by atoms with E-state index in [9.17, 15) is 20.2 Å². The number of hydrogen-bond acceptors (Lipinski definition) is 4. The molecule has 0 aromatic rings. The van der Waals surface area contributed by atoms with Crippen LogP contribution in [0.4, 0.5) is 0 Å². The Bertz CT molecular complexity index is 131. The van der Waals surface area contributed by atoms with Gasteiger partial charge in [-0.25, -0.2) is 0 Å². The molecule has 0 saturated carbocycles. The van der Waals surface area contributed by atoms with Gasteiger partial charge in [0, 0.05) is 22.7 Å². The van der Waals surface area contributed by atoms with E-state index in [1.165, 1.54) is 0 Å². The van der Waals surface area contributed by atoms with Gasteiger partial charge in [-0.2, -0.15) is 0 Å². The van der Waals surface area contributed by atoms with E-state index in [2.05, 4.69) is 0 Å². The summed E-state index contributed by atoms with van der Waals surface area (Å²) in [5.41, 5.74) is 0. The van der Waals surface area contributed by atoms with Gasteiger partial charge in [0.25, 0.3) is 0 Å². The highest BCUT2D eigenvalue weighted by Crippen LogP contribution is 1.94. The van der Waals surface area contributed by atoms with Gasteiger partial charge in [-0.1, -0.05) is 0 Å². The van der Waals surface area contributed by atoms with Crippen LogP contribution in [0.5, 0.6) is 0 Å². The van der Waals surface area contributed by atoms with Crippen LogP contribution in [0.3, 0.4) is 0 Å². The molecule has 0 amide bonds. The molecule has 0 saturated heterocycles. The molecule has 0 unspecified atom stereocenters. The summed E-state index contributed by atoms with van der Waals surface area (Å²) >= 11 is 0. The second-order valence-corrected chi connectivity index (χ2v) is 2.17. The topological polar surface area (TPSA) is 86.3 Å². The molecule has 0 aliphatic rings. The van der Waals surface area contributed by atoms with Crippen molar-refractivity contribution >= 4 is 0 Å². The highest BCUT2D eigenvalue weighted by atomic mass is 16.6. The van der Waals surface area contributed by atoms with Crippen molar-refractivity contribution in [3.05, 3.63) is 20.2 Å². The van der Waals surface area contributed by atoms with Crippen molar-refractivity contribution in [1.29, 1.82) is 0 Å². The number of unbranched alkanes of at least 4 members (excludes halogenated alkanes) is 2. The van der Waals surface area contributed by atoms with E-state index in [4.69, 9.17) is 0 Å². The van der Waals surface area contributed by atoms with Gasteiger partial charge in [-0.3, -0.25) is 20.2 Å². The maximum atomic E-state index is 9.77. The normalized spacial score (nSPS) is 9.45. The molecule has 11 heavy (non-hydrogen) atoms. The van der Waals surface area contributed by atoms with Gasteiger partial charge in [0.1, 0.15) is 0 Å². The number of nitro groups is 2. The Kier molecular flexibility index (Phi) is 4.97. The van der Waals surface area contributed by atoms with Crippen molar-refractivity contribution < 1.29 is 9.85 Å². The summed E-state index contributed by atoms with van der Waals surface area (Å²) in [5.74, 6) is 0. The molecule has 0 aliphatic heterocycles. The van der Waals surface area contributed by atoms with Crippen LogP contribution in [0.15, 0.2) is 0 Å². The molecule has 0 aromatic heterocycles. The maximum absolute atomic E-state index is 9.77. The maximum Gasteiger partial charge on any atom is 0.203 e. The first-order chi connectivity index (χ1) is 5.13. The third-order valence-electron chi connectivity index (χ3n) is 1.18. The lowest BCUT2D eigenvalue weighted by molar-refractivity contribution is -0.485. The molecule has 0 radical (unpaired) electrons. The first kappa shape index (κ1) is 9.80. The van der Waals surface area contributed by atoms with E-state index < -0.39 is 9.85 Å². The van der Waals surface area contributed by atoms with Gasteiger partial charge in [0.2, 0.25) is 13.1 Å². The lowest BCUT2D eigenvalue weighted by Gasteiger charge is -1.92. The average Bonchev–Trinajstić information content (AvgIpc) is 1.85. The standard InChI is InChI=1S/C5H10N2O4/c8-6(9)4-2-1-3-5-7(10)11/h1-5H2. The molecule has 0 heterocycles. The zero-order valence-corrected chi connectivity index (χ0v) is 6.06. The third-order valence-corrected chi connectivity index (χ3v) is 1.18. The summed E-state index contributed by atoms with van der Waals surface area (Å²) in [7, 11) is 0. The van der Waals surface area contributed by atoms with Gasteiger partial charge < -0.3 is 0 Å². The van der Waals surface area contributed by atoms with Crippen LogP contribution in [0.25, 0.3) is 0 Å². The highest BCUT2D eigenvalue weighted by molar-refractivity contribution is 4.38. The van der Waals surface area contributed by atoms with Gasteiger partial charge in [-0.05, 0) is 6.42 Å². The Morgan fingerprint density at radius 3 is 1.45 bits per heavy atom. The number of nitrogens with zero attached hydrogens (tertiary/aromatic N) is 2. The Hall–Kier alpha value is -1.20. The third kappa shape index (κ3) is 8.80. The van der Waals surface area contributed by atoms with Crippen LogP contribution < -0.4 is 0 Å². The van der Waals surface area contributed by atoms with Crippen molar-refractivity contribution in [1.82, 2.24) is 0 Å². The molecule has 0 fully saturated rings. The van der Waals surface area contributed by atoms with Crippen LogP contribution in [0.1, 0.15) is 19.3 Å². The number of rotatable bonds is 6. The van der Waals surface area contributed by atoms with E-state index in [-0.39, 0.29) is 13.1 Å². The fourth-order valence-corrected chi connectivity index (χ4v) is 0.659. The van der Waals surface area contributed by atoms with E-state index >= 15 is 0 Å².